The second kappa shape index (κ2) is 6.47. The quantitative estimate of drug-likeness (QED) is 0.576. The van der Waals surface area contributed by atoms with Crippen molar-refractivity contribution in [1.29, 1.82) is 0 Å². The largest absolute Gasteiger partial charge is 0.151 e. The van der Waals surface area contributed by atoms with E-state index in [1.165, 1.54) is 11.1 Å². The van der Waals surface area contributed by atoms with Gasteiger partial charge in [-0.15, -0.1) is 5.11 Å². The average molecular weight is 266 g/mol. The summed E-state index contributed by atoms with van der Waals surface area (Å²) in [4.78, 5) is 0. The van der Waals surface area contributed by atoms with Crippen molar-refractivity contribution >= 4 is 11.4 Å². The van der Waals surface area contributed by atoms with Gasteiger partial charge in [-0.05, 0) is 35.1 Å². The first kappa shape index (κ1) is 14.4. The molecule has 0 unspecified atom stereocenters. The summed E-state index contributed by atoms with van der Waals surface area (Å²) in [5, 5.41) is 8.93. The zero-order valence-corrected chi connectivity index (χ0v) is 12.7. The van der Waals surface area contributed by atoms with Crippen molar-refractivity contribution in [2.45, 2.75) is 39.5 Å². The molecule has 0 amide bonds. The summed E-state index contributed by atoms with van der Waals surface area (Å²) in [6.07, 6.45) is 0. The molecule has 2 rings (SSSR count). The lowest BCUT2D eigenvalue weighted by Crippen LogP contribution is -1.94. The topological polar surface area (TPSA) is 24.7 Å². The lowest BCUT2D eigenvalue weighted by atomic mass is 9.93. The molecule has 0 aliphatic rings. The summed E-state index contributed by atoms with van der Waals surface area (Å²) in [7, 11) is 0. The average Bonchev–Trinajstić information content (AvgIpc) is 2.45. The van der Waals surface area contributed by atoms with Crippen LogP contribution in [0.4, 0.5) is 11.4 Å². The molecule has 0 aromatic heterocycles. The van der Waals surface area contributed by atoms with Crippen LogP contribution in [0.1, 0.15) is 50.7 Å². The van der Waals surface area contributed by atoms with Gasteiger partial charge in [-0.2, -0.15) is 5.11 Å². The van der Waals surface area contributed by atoms with Gasteiger partial charge in [-0.25, -0.2) is 0 Å². The SMILES string of the molecule is CC(C)c1cccc(C(C)C)c1N=Nc1ccccc1. The zero-order valence-electron chi connectivity index (χ0n) is 12.7. The van der Waals surface area contributed by atoms with Gasteiger partial charge in [0.1, 0.15) is 0 Å². The summed E-state index contributed by atoms with van der Waals surface area (Å²) < 4.78 is 0. The van der Waals surface area contributed by atoms with Crippen molar-refractivity contribution in [3.05, 3.63) is 59.7 Å². The van der Waals surface area contributed by atoms with E-state index in [9.17, 15) is 0 Å². The molecule has 2 aromatic rings. The van der Waals surface area contributed by atoms with Gasteiger partial charge >= 0.3 is 0 Å². The highest BCUT2D eigenvalue weighted by molar-refractivity contribution is 5.55. The fourth-order valence-electron chi connectivity index (χ4n) is 2.23. The number of hydrogen-bond donors (Lipinski definition) is 0. The molecule has 0 fully saturated rings. The molecule has 2 nitrogen and oxygen atoms in total. The Balaban J connectivity index is 2.46. The van der Waals surface area contributed by atoms with Crippen LogP contribution in [0.2, 0.25) is 0 Å². The minimum Gasteiger partial charge on any atom is -0.151 e. The normalized spacial score (nSPS) is 11.7. The highest BCUT2D eigenvalue weighted by Gasteiger charge is 2.13. The third kappa shape index (κ3) is 3.32. The van der Waals surface area contributed by atoms with Crippen LogP contribution in [0.15, 0.2) is 58.8 Å². The first-order valence-electron chi connectivity index (χ1n) is 7.19. The van der Waals surface area contributed by atoms with E-state index in [4.69, 9.17) is 0 Å². The van der Waals surface area contributed by atoms with E-state index in [0.717, 1.165) is 11.4 Å². The second-order valence-electron chi connectivity index (χ2n) is 5.63. The standard InChI is InChI=1S/C18H22N2/c1-13(2)16-11-8-12-17(14(3)4)18(16)20-19-15-9-6-5-7-10-15/h5-14H,1-4H3. The lowest BCUT2D eigenvalue weighted by molar-refractivity contribution is 0.830. The van der Waals surface area contributed by atoms with E-state index in [-0.39, 0.29) is 0 Å². The van der Waals surface area contributed by atoms with Crippen molar-refractivity contribution in [1.82, 2.24) is 0 Å². The van der Waals surface area contributed by atoms with Crippen molar-refractivity contribution in [3.63, 3.8) is 0 Å². The second-order valence-corrected chi connectivity index (χ2v) is 5.63. The van der Waals surface area contributed by atoms with Gasteiger partial charge in [0.15, 0.2) is 0 Å². The fourth-order valence-corrected chi connectivity index (χ4v) is 2.23. The van der Waals surface area contributed by atoms with E-state index < -0.39 is 0 Å². The molecule has 0 N–H and O–H groups in total. The molecule has 0 spiro atoms. The van der Waals surface area contributed by atoms with E-state index in [2.05, 4.69) is 56.1 Å². The number of rotatable bonds is 4. The van der Waals surface area contributed by atoms with Crippen LogP contribution in [0.5, 0.6) is 0 Å². The molecule has 0 aliphatic carbocycles. The van der Waals surface area contributed by atoms with Crippen molar-refractivity contribution < 1.29 is 0 Å². The van der Waals surface area contributed by atoms with Crippen molar-refractivity contribution in [2.24, 2.45) is 10.2 Å². The van der Waals surface area contributed by atoms with Gasteiger partial charge in [0.05, 0.1) is 11.4 Å². The third-order valence-electron chi connectivity index (χ3n) is 3.36. The number of azo groups is 1. The van der Waals surface area contributed by atoms with Crippen LogP contribution in [-0.4, -0.2) is 0 Å². The molecule has 0 radical (unpaired) electrons. The molecule has 0 saturated carbocycles. The van der Waals surface area contributed by atoms with Crippen LogP contribution >= 0.6 is 0 Å². The summed E-state index contributed by atoms with van der Waals surface area (Å²) in [5.74, 6) is 0.886. The van der Waals surface area contributed by atoms with E-state index in [1.54, 1.807) is 0 Å². The minimum atomic E-state index is 0.443. The van der Waals surface area contributed by atoms with Crippen LogP contribution in [0, 0.1) is 0 Å². The Morgan fingerprint density at radius 3 is 1.70 bits per heavy atom. The number of benzene rings is 2. The van der Waals surface area contributed by atoms with Gasteiger partial charge in [0.25, 0.3) is 0 Å². The van der Waals surface area contributed by atoms with Gasteiger partial charge in [-0.1, -0.05) is 64.1 Å². The summed E-state index contributed by atoms with van der Waals surface area (Å²) >= 11 is 0. The lowest BCUT2D eigenvalue weighted by Gasteiger charge is -2.15. The summed E-state index contributed by atoms with van der Waals surface area (Å²) in [5.41, 5.74) is 4.44. The Labute approximate surface area is 121 Å². The molecule has 0 atom stereocenters. The van der Waals surface area contributed by atoms with Crippen molar-refractivity contribution in [2.75, 3.05) is 0 Å². The fraction of sp³-hybridized carbons (Fsp3) is 0.333. The molecule has 2 heteroatoms. The maximum atomic E-state index is 4.54. The predicted molar refractivity (Wildman–Crippen MR) is 85.2 cm³/mol. The van der Waals surface area contributed by atoms with E-state index in [1.807, 2.05) is 30.3 Å². The molecule has 0 saturated heterocycles. The number of nitrogens with zero attached hydrogens (tertiary/aromatic N) is 2. The molecule has 20 heavy (non-hydrogen) atoms. The molecule has 104 valence electrons. The maximum Gasteiger partial charge on any atom is 0.0926 e. The van der Waals surface area contributed by atoms with Gasteiger partial charge < -0.3 is 0 Å². The first-order chi connectivity index (χ1) is 9.59. The molecular weight excluding hydrogens is 244 g/mol. The Morgan fingerprint density at radius 2 is 1.20 bits per heavy atom. The smallest absolute Gasteiger partial charge is 0.0926 e. The highest BCUT2D eigenvalue weighted by atomic mass is 15.1. The van der Waals surface area contributed by atoms with Crippen LogP contribution in [0.3, 0.4) is 0 Å². The predicted octanol–water partition coefficient (Wildman–Crippen LogP) is 6.35. The van der Waals surface area contributed by atoms with Crippen molar-refractivity contribution in [3.8, 4) is 0 Å². The summed E-state index contributed by atoms with van der Waals surface area (Å²) in [6.45, 7) is 8.78. The zero-order chi connectivity index (χ0) is 14.5. The highest BCUT2D eigenvalue weighted by Crippen LogP contribution is 2.35. The van der Waals surface area contributed by atoms with Crippen LogP contribution in [-0.2, 0) is 0 Å². The van der Waals surface area contributed by atoms with Crippen LogP contribution < -0.4 is 0 Å². The Bertz CT molecular complexity index is 557. The maximum absolute atomic E-state index is 4.54. The molecule has 2 aromatic carbocycles. The molecular formula is C18H22N2. The Hall–Kier alpha value is -1.96. The molecule has 0 heterocycles. The summed E-state index contributed by atoms with van der Waals surface area (Å²) in [6, 6.07) is 16.3. The van der Waals surface area contributed by atoms with Gasteiger partial charge in [0, 0.05) is 0 Å². The van der Waals surface area contributed by atoms with E-state index >= 15 is 0 Å². The van der Waals surface area contributed by atoms with Gasteiger partial charge in [-0.3, -0.25) is 0 Å². The minimum absolute atomic E-state index is 0.443. The van der Waals surface area contributed by atoms with Gasteiger partial charge in [0.2, 0.25) is 0 Å². The van der Waals surface area contributed by atoms with E-state index in [0.29, 0.717) is 11.8 Å². The molecule has 0 aliphatic heterocycles. The number of hydrogen-bond acceptors (Lipinski definition) is 2. The Kier molecular flexibility index (Phi) is 4.67. The first-order valence-corrected chi connectivity index (χ1v) is 7.19. The molecule has 0 bridgehead atoms. The Morgan fingerprint density at radius 1 is 0.650 bits per heavy atom. The van der Waals surface area contributed by atoms with Crippen LogP contribution in [0.25, 0.3) is 0 Å². The monoisotopic (exact) mass is 266 g/mol. The third-order valence-corrected chi connectivity index (χ3v) is 3.36.